The number of aromatic amines is 1. The van der Waals surface area contributed by atoms with Gasteiger partial charge >= 0.3 is 0 Å². The van der Waals surface area contributed by atoms with E-state index in [9.17, 15) is 24.2 Å². The Morgan fingerprint density at radius 1 is 0.538 bits per heavy atom. The van der Waals surface area contributed by atoms with Crippen molar-refractivity contribution in [1.29, 1.82) is 0 Å². The Bertz CT molecular complexity index is 2990. The van der Waals surface area contributed by atoms with Gasteiger partial charge in [0, 0.05) is 129 Å². The zero-order valence-electron chi connectivity index (χ0n) is 74.5. The molecule has 6 N–H and O–H groups in total. The topological polar surface area (TPSA) is 167 Å². The summed E-state index contributed by atoms with van der Waals surface area (Å²) < 4.78 is 13.1. The van der Waals surface area contributed by atoms with Crippen LogP contribution in [-0.4, -0.2) is 232 Å². The molecule has 8 heterocycles. The van der Waals surface area contributed by atoms with Gasteiger partial charge in [-0.2, -0.15) is 5.10 Å². The van der Waals surface area contributed by atoms with E-state index < -0.39 is 5.82 Å². The van der Waals surface area contributed by atoms with E-state index in [1.165, 1.54) is 101 Å². The van der Waals surface area contributed by atoms with Crippen LogP contribution in [0.5, 0.6) is 5.75 Å². The zero-order valence-corrected chi connectivity index (χ0v) is 75.3. The first-order valence-corrected chi connectivity index (χ1v) is 41.1. The molecule has 2 aromatic carbocycles. The summed E-state index contributed by atoms with van der Waals surface area (Å²) in [5.74, 6) is 8.22. The second-order valence-corrected chi connectivity index (χ2v) is 41.9. The molecule has 0 spiro atoms. The van der Waals surface area contributed by atoms with Crippen LogP contribution < -0.4 is 11.2 Å². The maximum Gasteiger partial charge on any atom is 0.219 e. The lowest BCUT2D eigenvalue weighted by atomic mass is 9.80. The van der Waals surface area contributed by atoms with Crippen LogP contribution in [0.25, 0.3) is 10.9 Å². The van der Waals surface area contributed by atoms with E-state index >= 15 is 0 Å². The van der Waals surface area contributed by atoms with Crippen LogP contribution in [0.3, 0.4) is 0 Å². The van der Waals surface area contributed by atoms with Gasteiger partial charge in [-0.15, -0.1) is 0 Å². The largest absolute Gasteiger partial charge is 0.508 e. The number of nitrogens with zero attached hydrogens (tertiary/aromatic N) is 9. The molecule has 16 nitrogen and oxygen atoms in total. The van der Waals surface area contributed by atoms with Gasteiger partial charge in [0.2, 0.25) is 5.91 Å². The Hall–Kier alpha value is -3.33. The van der Waals surface area contributed by atoms with E-state index in [4.69, 9.17) is 17.4 Å². The number of H-pyrrole nitrogens is 1. The minimum atomic E-state index is -0.577. The van der Waals surface area contributed by atoms with Gasteiger partial charge in [-0.25, -0.2) is 9.40 Å². The fraction of sp³-hybridized carbons (Fsp3) is 0.830. The van der Waals surface area contributed by atoms with Crippen molar-refractivity contribution in [1.82, 2.24) is 54.8 Å². The number of nitrogens with two attached hydrogens (primary N) is 1. The number of aliphatic hydroxyl groups excluding tert-OH is 1. The highest BCUT2D eigenvalue weighted by molar-refractivity contribution is 6.31. The van der Waals surface area contributed by atoms with Gasteiger partial charge < -0.3 is 30.2 Å². The van der Waals surface area contributed by atoms with E-state index in [1.807, 2.05) is 48.9 Å². The summed E-state index contributed by atoms with van der Waals surface area (Å²) in [7, 11) is 8.74. The number of likely N-dealkylation sites (N-methyl/N-ethyl adjacent to an activating group) is 2. The molecule has 7 fully saturated rings. The van der Waals surface area contributed by atoms with Crippen molar-refractivity contribution >= 4 is 34.2 Å². The molecular weight excluding hydrogens is 1340 g/mol. The number of carbonyl (C=O) groups excluding carboxylic acids is 2. The number of fused-ring (bicyclic) bond motifs is 1. The lowest BCUT2D eigenvalue weighted by Crippen LogP contribution is -2.52. The number of benzene rings is 2. The number of aromatic nitrogens is 2. The Morgan fingerprint density at radius 3 is 1.35 bits per heavy atom. The number of amides is 1. The summed E-state index contributed by atoms with van der Waals surface area (Å²) in [6.45, 7) is 78.9. The molecule has 18 heteroatoms. The summed E-state index contributed by atoms with van der Waals surface area (Å²) in [4.78, 5) is 38.9. The molecular formula is C88H166ClFN12O4. The molecule has 0 radical (unpaired) electrons. The molecule has 7 atom stereocenters. The van der Waals surface area contributed by atoms with E-state index in [1.54, 1.807) is 13.8 Å². The number of β-amino-alcohol motifs (C(OH)–C–C–N with tert-alkyl or cyclic N) is 1. The maximum atomic E-state index is 13.1. The van der Waals surface area contributed by atoms with Crippen molar-refractivity contribution < 1.29 is 24.2 Å². The Balaban J connectivity index is 0.000000406. The summed E-state index contributed by atoms with van der Waals surface area (Å²) >= 11 is 5.76. The van der Waals surface area contributed by atoms with Crippen molar-refractivity contribution in [2.75, 3.05) is 120 Å². The number of ketones is 1. The first-order chi connectivity index (χ1) is 48.2. The van der Waals surface area contributed by atoms with Gasteiger partial charge in [0.1, 0.15) is 17.3 Å². The van der Waals surface area contributed by atoms with Crippen LogP contribution in [0.4, 0.5) is 4.39 Å². The average Bonchev–Trinajstić information content (AvgIpc) is 1.57. The van der Waals surface area contributed by atoms with E-state index in [2.05, 4.69) is 245 Å². The number of halogens is 2. The molecule has 0 saturated carbocycles. The fourth-order valence-electron chi connectivity index (χ4n) is 14.5. The summed E-state index contributed by atoms with van der Waals surface area (Å²) in [5.41, 5.74) is 5.19. The van der Waals surface area contributed by atoms with Crippen molar-refractivity contribution in [2.45, 2.75) is 316 Å². The monoisotopic (exact) mass is 1510 g/mol. The SMILES string of the molecule is CC(=O)C1CCCN(C(C)(C)C)C1.CC(=O)N1CCC(C(C)(C)C)C1.CC(C)(C)C1CCN(N)C1.CC(C)(C)C1CCNC1.CC(C)(C)N1CCCC(O)C1.CC(C)(C)c1[nH]nc2ccccc12.CC(C)(C)c1cc(O)cc(F)c1Cl.CN(C)C1CCCN(C(C)(C)C)C1.CN(C)C1CCN(C(C)(C)C)C1. The molecule has 7 saturated heterocycles. The normalized spacial score (nSPS) is 23.5. The standard InChI is InChI=1S/C11H14N2.C11H24N2.C11H21NO.C10H12ClFO.C10H22N2.C10H19NO.C9H19NO.C8H18N2.C8H17N/c1-11(2,3)10-8-6-4-5-7-9(8)12-13-10;1-11(2,3)13-8-6-7-10(9-13)12(4)5;1-9(13)10-6-5-7-12(8-10)11(2,3)4;1-10(2,3)7-4-6(13)5-8(12)9(7)11;1-10(2,3)12-7-6-9(8-12)11(4)5;1-8(12)11-6-5-9(7-11)10(2,3)4;1-9(2,3)10-6-4-5-8(11)7-10;1-8(2,3)7-4-5-10(9)6-7;1-8(2,3)7-4-5-9-6-7/h4-7H,1-3H3,(H,12,13);10H,6-9H2,1-5H3;10H,5-8H2,1-4H3;4-5,13H,1-3H3;9H,6-8H2,1-5H3;9H,5-7H2,1-4H3;8,11H,4-7H2,1-3H3;7H,4-6,9H2,1-3H3;7,9H,4-6H2,1-3H3. The number of hydrazine groups is 1. The van der Waals surface area contributed by atoms with Crippen LogP contribution in [0.15, 0.2) is 36.4 Å². The molecule has 1 aromatic heterocycles. The number of aliphatic hydroxyl groups is 1. The first kappa shape index (κ1) is 98.7. The van der Waals surface area contributed by atoms with Gasteiger partial charge in [-0.05, 0) is 272 Å². The van der Waals surface area contributed by atoms with E-state index in [0.29, 0.717) is 44.6 Å². The fourth-order valence-corrected chi connectivity index (χ4v) is 14.9. The van der Waals surface area contributed by atoms with Crippen LogP contribution >= 0.6 is 11.6 Å². The number of rotatable bonds is 3. The van der Waals surface area contributed by atoms with E-state index in [0.717, 1.165) is 107 Å². The highest BCUT2D eigenvalue weighted by Crippen LogP contribution is 2.37. The number of hydrogen-bond donors (Lipinski definition) is 5. The zero-order chi connectivity index (χ0) is 81.7. The number of piperidine rings is 3. The van der Waals surface area contributed by atoms with Crippen molar-refractivity contribution in [3.63, 3.8) is 0 Å². The highest BCUT2D eigenvalue weighted by Gasteiger charge is 2.36. The second-order valence-electron chi connectivity index (χ2n) is 41.5. The van der Waals surface area contributed by atoms with Gasteiger partial charge in [0.25, 0.3) is 0 Å². The number of para-hydroxylation sites is 1. The van der Waals surface area contributed by atoms with Crippen molar-refractivity contribution in [3.05, 3.63) is 58.5 Å². The number of phenols is 1. The molecule has 7 aliphatic heterocycles. The van der Waals surface area contributed by atoms with Crippen molar-refractivity contribution in [3.8, 4) is 5.75 Å². The number of carbonyl (C=O) groups is 2. The highest BCUT2D eigenvalue weighted by atomic mass is 35.5. The van der Waals surface area contributed by atoms with E-state index in [-0.39, 0.29) is 50.6 Å². The van der Waals surface area contributed by atoms with Crippen LogP contribution in [-0.2, 0) is 20.4 Å². The summed E-state index contributed by atoms with van der Waals surface area (Å²) in [6, 6.07) is 12.2. The third kappa shape index (κ3) is 36.0. The minimum absolute atomic E-state index is 0.0882. The molecule has 3 aromatic rings. The van der Waals surface area contributed by atoms with Crippen LogP contribution in [0.2, 0.25) is 5.02 Å². The van der Waals surface area contributed by atoms with Gasteiger partial charge in [-0.1, -0.05) is 134 Å². The number of hydrogen-bond acceptors (Lipinski definition) is 14. The quantitative estimate of drug-likeness (QED) is 0.157. The third-order valence-corrected chi connectivity index (χ3v) is 23.2. The van der Waals surface area contributed by atoms with Crippen LogP contribution in [0.1, 0.15) is 276 Å². The lowest BCUT2D eigenvalue weighted by Gasteiger charge is -2.43. The Labute approximate surface area is 655 Å². The molecule has 616 valence electrons. The first-order valence-electron chi connectivity index (χ1n) is 40.8. The molecule has 0 bridgehead atoms. The average molecular weight is 1510 g/mol. The second kappa shape index (κ2) is 42.5. The summed E-state index contributed by atoms with van der Waals surface area (Å²) in [5, 5.41) is 32.6. The number of nitrogens with one attached hydrogen (secondary N) is 2. The summed E-state index contributed by atoms with van der Waals surface area (Å²) in [6.07, 6.45) is 12.1. The lowest BCUT2D eigenvalue weighted by molar-refractivity contribution is -0.128. The van der Waals surface area contributed by atoms with Gasteiger partial charge in [0.15, 0.2) is 0 Å². The van der Waals surface area contributed by atoms with Crippen LogP contribution in [0, 0.1) is 45.7 Å². The predicted octanol–water partition coefficient (Wildman–Crippen LogP) is 17.7. The molecule has 7 unspecified atom stereocenters. The molecule has 0 aliphatic carbocycles. The maximum absolute atomic E-state index is 13.1. The number of aromatic hydroxyl groups is 1. The Kier molecular flexibility index (Phi) is 39.6. The minimum Gasteiger partial charge on any atom is -0.508 e. The number of phenolic OH excluding ortho intramolecular Hbond substituents is 1. The van der Waals surface area contributed by atoms with Gasteiger partial charge in [0.05, 0.1) is 16.6 Å². The third-order valence-electron chi connectivity index (χ3n) is 22.8. The number of likely N-dealkylation sites (tertiary alicyclic amines) is 5. The molecule has 7 aliphatic rings. The predicted molar refractivity (Wildman–Crippen MR) is 453 cm³/mol. The van der Waals surface area contributed by atoms with Gasteiger partial charge in [-0.3, -0.25) is 40.1 Å². The molecule has 10 rings (SSSR count). The number of Topliss-reactive ketones (excluding diaryl/α,β-unsaturated/α-hetero) is 1. The smallest absolute Gasteiger partial charge is 0.219 e. The Morgan fingerprint density at radius 2 is 0.991 bits per heavy atom. The molecule has 1 amide bonds. The van der Waals surface area contributed by atoms with Crippen molar-refractivity contribution in [2.24, 2.45) is 45.8 Å². The molecule has 106 heavy (non-hydrogen) atoms.